The van der Waals surface area contributed by atoms with Crippen molar-refractivity contribution < 1.29 is 14.3 Å². The van der Waals surface area contributed by atoms with Gasteiger partial charge in [-0.25, -0.2) is 5.43 Å². The molecule has 0 aliphatic rings. The van der Waals surface area contributed by atoms with Gasteiger partial charge < -0.3 is 9.47 Å². The second kappa shape index (κ2) is 10.9. The number of nitrogens with one attached hydrogen (secondary N) is 1. The Kier molecular flexibility index (Phi) is 8.29. The predicted octanol–water partition coefficient (Wildman–Crippen LogP) is 6.17. The van der Waals surface area contributed by atoms with Gasteiger partial charge in [-0.2, -0.15) is 5.10 Å². The summed E-state index contributed by atoms with van der Waals surface area (Å²) in [7, 11) is 1.57. The van der Waals surface area contributed by atoms with Crippen LogP contribution in [0.1, 0.15) is 21.5 Å². The highest BCUT2D eigenvalue weighted by atomic mass is 127. The van der Waals surface area contributed by atoms with Crippen LogP contribution in [0.5, 0.6) is 11.5 Å². The monoisotopic (exact) mass is 642 g/mol. The van der Waals surface area contributed by atoms with Gasteiger partial charge in [0.1, 0.15) is 18.1 Å². The first kappa shape index (κ1) is 22.8. The van der Waals surface area contributed by atoms with Crippen molar-refractivity contribution in [2.75, 3.05) is 7.11 Å². The summed E-state index contributed by atoms with van der Waals surface area (Å²) in [6.45, 7) is 0.455. The molecule has 1 amide bonds. The zero-order valence-electron chi connectivity index (χ0n) is 15.9. The summed E-state index contributed by atoms with van der Waals surface area (Å²) in [4.78, 5) is 12.2. The SMILES string of the molecule is COc1cc(C(=O)N/N=C/c2ccc(OCc3ccc(Br)cc3Br)cc2)ccc1I. The Morgan fingerprint density at radius 1 is 1.10 bits per heavy atom. The molecule has 8 heteroatoms. The third kappa shape index (κ3) is 6.29. The van der Waals surface area contributed by atoms with Crippen LogP contribution in [0.4, 0.5) is 0 Å². The summed E-state index contributed by atoms with van der Waals surface area (Å²) in [6, 6.07) is 18.7. The van der Waals surface area contributed by atoms with Gasteiger partial charge in [0.15, 0.2) is 0 Å². The zero-order valence-corrected chi connectivity index (χ0v) is 21.2. The van der Waals surface area contributed by atoms with Gasteiger partial charge in [0.2, 0.25) is 0 Å². The number of ether oxygens (including phenoxy) is 2. The molecule has 0 radical (unpaired) electrons. The molecular weight excluding hydrogens is 627 g/mol. The predicted molar refractivity (Wildman–Crippen MR) is 133 cm³/mol. The van der Waals surface area contributed by atoms with E-state index in [9.17, 15) is 4.79 Å². The number of hydrogen-bond acceptors (Lipinski definition) is 4. The molecule has 0 fully saturated rings. The van der Waals surface area contributed by atoms with E-state index in [4.69, 9.17) is 9.47 Å². The van der Waals surface area contributed by atoms with Gasteiger partial charge in [-0.05, 0) is 82.8 Å². The first-order chi connectivity index (χ1) is 14.5. The molecule has 1 N–H and O–H groups in total. The highest BCUT2D eigenvalue weighted by Crippen LogP contribution is 2.24. The fourth-order valence-electron chi connectivity index (χ4n) is 2.48. The average Bonchev–Trinajstić information content (AvgIpc) is 2.74. The Labute approximate surface area is 205 Å². The van der Waals surface area contributed by atoms with Gasteiger partial charge >= 0.3 is 0 Å². The summed E-state index contributed by atoms with van der Waals surface area (Å²) in [5.74, 6) is 1.09. The fraction of sp³-hybridized carbons (Fsp3) is 0.0909. The Bertz CT molecular complexity index is 1070. The molecule has 5 nitrogen and oxygen atoms in total. The highest BCUT2D eigenvalue weighted by molar-refractivity contribution is 14.1. The van der Waals surface area contributed by atoms with Crippen molar-refractivity contribution in [1.82, 2.24) is 5.43 Å². The lowest BCUT2D eigenvalue weighted by Crippen LogP contribution is -2.17. The minimum Gasteiger partial charge on any atom is -0.496 e. The number of methoxy groups -OCH3 is 1. The maximum atomic E-state index is 12.2. The number of nitrogens with zero attached hydrogens (tertiary/aromatic N) is 1. The van der Waals surface area contributed by atoms with Gasteiger partial charge in [0.25, 0.3) is 5.91 Å². The summed E-state index contributed by atoms with van der Waals surface area (Å²) < 4.78 is 14.0. The largest absolute Gasteiger partial charge is 0.496 e. The number of hydrogen-bond donors (Lipinski definition) is 1. The molecule has 0 aliphatic heterocycles. The zero-order chi connectivity index (χ0) is 21.5. The van der Waals surface area contributed by atoms with Gasteiger partial charge in [-0.15, -0.1) is 0 Å². The van der Waals surface area contributed by atoms with E-state index < -0.39 is 0 Å². The number of hydrazone groups is 1. The topological polar surface area (TPSA) is 59.9 Å². The van der Waals surface area contributed by atoms with E-state index in [0.717, 1.165) is 29.4 Å². The van der Waals surface area contributed by atoms with E-state index in [2.05, 4.69) is 65.0 Å². The van der Waals surface area contributed by atoms with Crippen molar-refractivity contribution in [3.05, 3.63) is 89.9 Å². The molecule has 30 heavy (non-hydrogen) atoms. The molecule has 0 saturated carbocycles. The van der Waals surface area contributed by atoms with Crippen LogP contribution in [-0.4, -0.2) is 19.2 Å². The third-order valence-corrected chi connectivity index (χ3v) is 6.21. The van der Waals surface area contributed by atoms with Crippen LogP contribution >= 0.6 is 54.5 Å². The van der Waals surface area contributed by atoms with E-state index in [0.29, 0.717) is 17.9 Å². The van der Waals surface area contributed by atoms with Crippen LogP contribution in [-0.2, 0) is 6.61 Å². The normalized spacial score (nSPS) is 10.8. The van der Waals surface area contributed by atoms with Crippen molar-refractivity contribution >= 4 is 66.6 Å². The number of benzene rings is 3. The lowest BCUT2D eigenvalue weighted by Gasteiger charge is -2.08. The van der Waals surface area contributed by atoms with Crippen molar-refractivity contribution in [2.24, 2.45) is 5.10 Å². The van der Waals surface area contributed by atoms with Crippen LogP contribution in [0, 0.1) is 3.57 Å². The molecule has 154 valence electrons. The number of rotatable bonds is 7. The maximum absolute atomic E-state index is 12.2. The second-order valence-corrected chi connectivity index (χ2v) is 9.07. The fourth-order valence-corrected chi connectivity index (χ4v) is 4.20. The van der Waals surface area contributed by atoms with E-state index in [1.807, 2.05) is 48.5 Å². The van der Waals surface area contributed by atoms with Gasteiger partial charge in [-0.3, -0.25) is 4.79 Å². The lowest BCUT2D eigenvalue weighted by atomic mass is 10.2. The summed E-state index contributed by atoms with van der Waals surface area (Å²) in [6.07, 6.45) is 1.58. The highest BCUT2D eigenvalue weighted by Gasteiger charge is 2.08. The number of halogens is 3. The lowest BCUT2D eigenvalue weighted by molar-refractivity contribution is 0.0954. The molecule has 3 rings (SSSR count). The smallest absolute Gasteiger partial charge is 0.271 e. The Hall–Kier alpha value is -1.91. The molecule has 0 atom stereocenters. The first-order valence-electron chi connectivity index (χ1n) is 8.80. The average molecular weight is 644 g/mol. The molecule has 0 heterocycles. The van der Waals surface area contributed by atoms with Crippen molar-refractivity contribution in [3.63, 3.8) is 0 Å². The minimum atomic E-state index is -0.305. The Morgan fingerprint density at radius 2 is 1.87 bits per heavy atom. The van der Waals surface area contributed by atoms with E-state index >= 15 is 0 Å². The van der Waals surface area contributed by atoms with E-state index in [1.165, 1.54) is 0 Å². The van der Waals surface area contributed by atoms with Crippen LogP contribution < -0.4 is 14.9 Å². The van der Waals surface area contributed by atoms with E-state index in [1.54, 1.807) is 25.5 Å². The van der Waals surface area contributed by atoms with Crippen molar-refractivity contribution in [1.29, 1.82) is 0 Å². The maximum Gasteiger partial charge on any atom is 0.271 e. The van der Waals surface area contributed by atoms with E-state index in [-0.39, 0.29) is 5.91 Å². The molecule has 3 aromatic rings. The van der Waals surface area contributed by atoms with Crippen LogP contribution in [0.3, 0.4) is 0 Å². The molecule has 0 unspecified atom stereocenters. The van der Waals surface area contributed by atoms with Crippen molar-refractivity contribution in [3.8, 4) is 11.5 Å². The summed E-state index contributed by atoms with van der Waals surface area (Å²) >= 11 is 9.12. The number of carbonyl (C=O) groups excluding carboxylic acids is 1. The van der Waals surface area contributed by atoms with Crippen LogP contribution in [0.2, 0.25) is 0 Å². The molecule has 0 bridgehead atoms. The van der Waals surface area contributed by atoms with Crippen LogP contribution in [0.25, 0.3) is 0 Å². The Balaban J connectivity index is 1.54. The molecule has 3 aromatic carbocycles. The molecule has 0 spiro atoms. The van der Waals surface area contributed by atoms with Crippen molar-refractivity contribution in [2.45, 2.75) is 6.61 Å². The standard InChI is InChI=1S/C22H17Br2IN2O3/c1-29-21-10-15(5-9-20(21)25)22(28)27-26-12-14-2-7-18(8-3-14)30-13-16-4-6-17(23)11-19(16)24/h2-12H,13H2,1H3,(H,27,28)/b26-12+. The van der Waals surface area contributed by atoms with Gasteiger partial charge in [0, 0.05) is 20.1 Å². The van der Waals surface area contributed by atoms with Crippen LogP contribution in [0.15, 0.2) is 74.7 Å². The third-order valence-electron chi connectivity index (χ3n) is 4.08. The summed E-state index contributed by atoms with van der Waals surface area (Å²) in [5, 5.41) is 4.02. The Morgan fingerprint density at radius 3 is 2.57 bits per heavy atom. The number of amides is 1. The molecular formula is C22H17Br2IN2O3. The molecule has 0 saturated heterocycles. The quantitative estimate of drug-likeness (QED) is 0.190. The molecule has 0 aliphatic carbocycles. The molecule has 0 aromatic heterocycles. The van der Waals surface area contributed by atoms with Gasteiger partial charge in [0.05, 0.1) is 16.9 Å². The van der Waals surface area contributed by atoms with Gasteiger partial charge in [-0.1, -0.05) is 37.9 Å². The number of carbonyl (C=O) groups is 1. The minimum absolute atomic E-state index is 0.305. The first-order valence-corrected chi connectivity index (χ1v) is 11.5. The summed E-state index contributed by atoms with van der Waals surface area (Å²) in [5.41, 5.74) is 4.90. The second-order valence-electron chi connectivity index (χ2n) is 6.14.